The molecule has 2 N–H and O–H groups in total. The van der Waals surface area contributed by atoms with Crippen LogP contribution in [0, 0.1) is 23.7 Å². The zero-order chi connectivity index (χ0) is 25.9. The van der Waals surface area contributed by atoms with Crippen molar-refractivity contribution in [2.45, 2.75) is 0 Å². The number of benzene rings is 6. The van der Waals surface area contributed by atoms with Gasteiger partial charge in [0.05, 0.1) is 11.1 Å². The molecule has 0 unspecified atom stereocenters. The molecule has 0 spiro atoms. The lowest BCUT2D eigenvalue weighted by Gasteiger charge is -2.16. The molecule has 0 fully saturated rings. The molecule has 0 aliphatic carbocycles. The summed E-state index contributed by atoms with van der Waals surface area (Å²) in [6.45, 7) is 0. The van der Waals surface area contributed by atoms with E-state index in [0.717, 1.165) is 32.7 Å². The number of aromatic hydroxyl groups is 2. The van der Waals surface area contributed by atoms with Gasteiger partial charge in [0.25, 0.3) is 0 Å². The predicted molar refractivity (Wildman–Crippen MR) is 155 cm³/mol. The van der Waals surface area contributed by atoms with Gasteiger partial charge < -0.3 is 10.2 Å². The van der Waals surface area contributed by atoms with Crippen LogP contribution in [0.25, 0.3) is 32.7 Å². The van der Waals surface area contributed by atoms with E-state index < -0.39 is 0 Å². The Bertz CT molecular complexity index is 1790. The number of rotatable bonds is 1. The Kier molecular flexibility index (Phi) is 5.99. The summed E-state index contributed by atoms with van der Waals surface area (Å²) in [5.74, 6) is 12.7. The molecule has 0 amide bonds. The summed E-state index contributed by atoms with van der Waals surface area (Å²) >= 11 is 0. The van der Waals surface area contributed by atoms with Crippen molar-refractivity contribution in [3.8, 4) is 46.3 Å². The van der Waals surface area contributed by atoms with Crippen molar-refractivity contribution >= 4 is 21.5 Å². The van der Waals surface area contributed by atoms with E-state index in [1.807, 2.05) is 121 Å². The smallest absolute Gasteiger partial charge is 0.139 e. The fourth-order valence-electron chi connectivity index (χ4n) is 4.69. The summed E-state index contributed by atoms with van der Waals surface area (Å²) in [5.41, 5.74) is 3.77. The summed E-state index contributed by atoms with van der Waals surface area (Å²) in [5, 5.41) is 26.8. The number of hydrogen-bond acceptors (Lipinski definition) is 2. The topological polar surface area (TPSA) is 40.5 Å². The lowest BCUT2D eigenvalue weighted by atomic mass is 9.89. The summed E-state index contributed by atoms with van der Waals surface area (Å²) < 4.78 is 0. The van der Waals surface area contributed by atoms with Gasteiger partial charge in [0.2, 0.25) is 0 Å². The Morgan fingerprint density at radius 3 is 1.18 bits per heavy atom. The molecule has 0 aromatic heterocycles. The van der Waals surface area contributed by atoms with Crippen molar-refractivity contribution < 1.29 is 10.2 Å². The van der Waals surface area contributed by atoms with Crippen LogP contribution >= 0.6 is 0 Å². The first-order chi connectivity index (χ1) is 18.7. The highest BCUT2D eigenvalue weighted by atomic mass is 16.3. The first kappa shape index (κ1) is 23.0. The van der Waals surface area contributed by atoms with Crippen LogP contribution in [0.2, 0.25) is 0 Å². The highest BCUT2D eigenvalue weighted by Crippen LogP contribution is 2.47. The fourth-order valence-corrected chi connectivity index (χ4v) is 4.69. The zero-order valence-electron chi connectivity index (χ0n) is 20.4. The molecule has 6 aromatic carbocycles. The molecule has 6 aromatic rings. The Morgan fingerprint density at radius 2 is 0.763 bits per heavy atom. The minimum Gasteiger partial charge on any atom is -0.506 e. The molecule has 0 saturated heterocycles. The van der Waals surface area contributed by atoms with Crippen LogP contribution in [-0.4, -0.2) is 10.2 Å². The quantitative estimate of drug-likeness (QED) is 0.232. The highest BCUT2D eigenvalue weighted by Gasteiger charge is 2.21. The van der Waals surface area contributed by atoms with Gasteiger partial charge in [0.15, 0.2) is 0 Å². The van der Waals surface area contributed by atoms with Gasteiger partial charge in [-0.2, -0.15) is 0 Å². The van der Waals surface area contributed by atoms with Crippen molar-refractivity contribution in [1.82, 2.24) is 0 Å². The monoisotopic (exact) mass is 486 g/mol. The van der Waals surface area contributed by atoms with Crippen LogP contribution in [0.15, 0.2) is 121 Å². The molecule has 38 heavy (non-hydrogen) atoms. The van der Waals surface area contributed by atoms with Crippen molar-refractivity contribution in [3.05, 3.63) is 144 Å². The molecule has 0 radical (unpaired) electrons. The maximum atomic E-state index is 11.7. The van der Waals surface area contributed by atoms with Crippen LogP contribution in [0.1, 0.15) is 22.3 Å². The van der Waals surface area contributed by atoms with E-state index in [-0.39, 0.29) is 11.5 Å². The minimum atomic E-state index is 0.0285. The maximum Gasteiger partial charge on any atom is 0.139 e. The lowest BCUT2D eigenvalue weighted by Crippen LogP contribution is -1.92. The third-order valence-electron chi connectivity index (χ3n) is 6.52. The van der Waals surface area contributed by atoms with E-state index in [0.29, 0.717) is 22.3 Å². The molecule has 6 rings (SSSR count). The van der Waals surface area contributed by atoms with Crippen molar-refractivity contribution in [3.63, 3.8) is 0 Å². The van der Waals surface area contributed by atoms with E-state index in [4.69, 9.17) is 0 Å². The number of phenols is 2. The highest BCUT2D eigenvalue weighted by molar-refractivity contribution is 6.11. The lowest BCUT2D eigenvalue weighted by molar-refractivity contribution is 0.468. The number of fused-ring (bicyclic) bond motifs is 2. The van der Waals surface area contributed by atoms with Gasteiger partial charge >= 0.3 is 0 Å². The second-order valence-corrected chi connectivity index (χ2v) is 8.97. The van der Waals surface area contributed by atoms with E-state index in [1.165, 1.54) is 0 Å². The van der Waals surface area contributed by atoms with Gasteiger partial charge in [-0.05, 0) is 57.9 Å². The molecule has 0 atom stereocenters. The van der Waals surface area contributed by atoms with E-state index in [9.17, 15) is 10.2 Å². The summed E-state index contributed by atoms with van der Waals surface area (Å²) in [6.07, 6.45) is 0. The third kappa shape index (κ3) is 4.33. The van der Waals surface area contributed by atoms with Crippen molar-refractivity contribution in [2.24, 2.45) is 0 Å². The van der Waals surface area contributed by atoms with Crippen LogP contribution in [0.3, 0.4) is 0 Å². The normalized spacial score (nSPS) is 10.4. The van der Waals surface area contributed by atoms with Gasteiger partial charge in [-0.1, -0.05) is 109 Å². The largest absolute Gasteiger partial charge is 0.506 e. The van der Waals surface area contributed by atoms with Crippen molar-refractivity contribution in [2.75, 3.05) is 0 Å². The average Bonchev–Trinajstić information content (AvgIpc) is 2.97. The van der Waals surface area contributed by atoms with E-state index in [2.05, 4.69) is 23.7 Å². The Balaban J connectivity index is 1.65. The Hall–Kier alpha value is -5.44. The summed E-state index contributed by atoms with van der Waals surface area (Å²) in [7, 11) is 0. The van der Waals surface area contributed by atoms with Crippen LogP contribution in [0.5, 0.6) is 11.5 Å². The fraction of sp³-hybridized carbons (Fsp3) is 0. The van der Waals surface area contributed by atoms with Crippen LogP contribution in [0.4, 0.5) is 0 Å². The number of phenolic OH excluding ortho intramolecular Hbond substituents is 2. The Morgan fingerprint density at radius 1 is 0.395 bits per heavy atom. The Labute approximate surface area is 221 Å². The van der Waals surface area contributed by atoms with Crippen molar-refractivity contribution in [1.29, 1.82) is 0 Å². The van der Waals surface area contributed by atoms with Gasteiger partial charge in [-0.25, -0.2) is 0 Å². The van der Waals surface area contributed by atoms with Gasteiger partial charge in [-0.3, -0.25) is 0 Å². The standard InChI is InChI=1S/C36H22O2/c37-35-29(21-19-25-11-3-1-4-12-25)23-27-15-7-9-17-31(27)33(35)34-32-18-10-8-16-28(32)24-30(36(34)38)22-20-26-13-5-2-6-14-26/h1-18,23-24,37-38H. The zero-order valence-corrected chi connectivity index (χ0v) is 20.4. The van der Waals surface area contributed by atoms with E-state index in [1.54, 1.807) is 0 Å². The predicted octanol–water partition coefficient (Wildman–Crippen LogP) is 7.87. The van der Waals surface area contributed by atoms with Gasteiger partial charge in [0, 0.05) is 22.3 Å². The molecular weight excluding hydrogens is 464 g/mol. The van der Waals surface area contributed by atoms with Crippen LogP contribution < -0.4 is 0 Å². The summed E-state index contributed by atoms with van der Waals surface area (Å²) in [6, 6.07) is 38.8. The first-order valence-corrected chi connectivity index (χ1v) is 12.3. The molecule has 178 valence electrons. The third-order valence-corrected chi connectivity index (χ3v) is 6.52. The molecule has 2 nitrogen and oxygen atoms in total. The molecule has 0 heterocycles. The second-order valence-electron chi connectivity index (χ2n) is 8.97. The molecule has 0 aliphatic rings. The van der Waals surface area contributed by atoms with Gasteiger partial charge in [0.1, 0.15) is 11.5 Å². The molecule has 0 saturated carbocycles. The maximum absolute atomic E-state index is 11.7. The SMILES string of the molecule is Oc1c(C#Cc2ccccc2)cc2ccccc2c1-c1c(O)c(C#Cc2ccccc2)cc2ccccc12. The molecule has 0 bridgehead atoms. The molecule has 2 heteroatoms. The van der Waals surface area contributed by atoms with E-state index >= 15 is 0 Å². The summed E-state index contributed by atoms with van der Waals surface area (Å²) in [4.78, 5) is 0. The second kappa shape index (κ2) is 9.90. The average molecular weight is 487 g/mol. The first-order valence-electron chi connectivity index (χ1n) is 12.3. The number of hydrogen-bond donors (Lipinski definition) is 2. The van der Waals surface area contributed by atoms with Gasteiger partial charge in [-0.15, -0.1) is 0 Å². The minimum absolute atomic E-state index is 0.0285. The molecular formula is C36H22O2. The molecule has 0 aliphatic heterocycles. The van der Waals surface area contributed by atoms with Crippen LogP contribution in [-0.2, 0) is 0 Å².